The van der Waals surface area contributed by atoms with E-state index in [1.54, 1.807) is 0 Å². The molecule has 49 heavy (non-hydrogen) atoms. The van der Waals surface area contributed by atoms with Gasteiger partial charge in [-0.05, 0) is 102 Å². The van der Waals surface area contributed by atoms with Gasteiger partial charge in [-0.25, -0.2) is 4.79 Å². The van der Waals surface area contributed by atoms with E-state index in [0.29, 0.717) is 38.6 Å². The summed E-state index contributed by atoms with van der Waals surface area (Å²) >= 11 is 0. The first-order valence-electron chi connectivity index (χ1n) is 19.6. The highest BCUT2D eigenvalue weighted by Crippen LogP contribution is 2.12. The van der Waals surface area contributed by atoms with E-state index >= 15 is 0 Å². The van der Waals surface area contributed by atoms with Gasteiger partial charge in [0.1, 0.15) is 12.1 Å². The molecule has 0 aliphatic heterocycles. The summed E-state index contributed by atoms with van der Waals surface area (Å²) in [5, 5.41) is 11.8. The van der Waals surface area contributed by atoms with Gasteiger partial charge in [0.15, 0.2) is 0 Å². The number of rotatable bonds is 34. The number of carboxylic acids is 1. The predicted molar refractivity (Wildman–Crippen MR) is 206 cm³/mol. The molecule has 2 unspecified atom stereocenters. The maximum atomic E-state index is 12.6. The summed E-state index contributed by atoms with van der Waals surface area (Å²) in [5.41, 5.74) is 5.45. The summed E-state index contributed by atoms with van der Waals surface area (Å²) in [6.07, 6.45) is 44.6. The lowest BCUT2D eigenvalue weighted by atomic mass is 10.1. The topological polar surface area (TPSA) is 119 Å². The quantitative estimate of drug-likeness (QED) is 0.0353. The van der Waals surface area contributed by atoms with Crippen molar-refractivity contribution < 1.29 is 24.2 Å². The van der Waals surface area contributed by atoms with Crippen LogP contribution in [0.25, 0.3) is 0 Å². The fraction of sp³-hybridized carbons (Fsp3) is 0.690. The van der Waals surface area contributed by atoms with Crippen LogP contribution in [0, 0.1) is 0 Å². The summed E-state index contributed by atoms with van der Waals surface area (Å²) in [7, 11) is 0. The van der Waals surface area contributed by atoms with Crippen LogP contribution in [0.5, 0.6) is 0 Å². The van der Waals surface area contributed by atoms with E-state index in [1.165, 1.54) is 64.2 Å². The normalized spacial score (nSPS) is 13.4. The Kier molecular flexibility index (Phi) is 34.2. The highest BCUT2D eigenvalue weighted by molar-refractivity contribution is 5.83. The van der Waals surface area contributed by atoms with Crippen LogP contribution in [0.2, 0.25) is 0 Å². The molecule has 7 heteroatoms. The molecule has 0 aromatic rings. The van der Waals surface area contributed by atoms with Gasteiger partial charge in [-0.1, -0.05) is 120 Å². The number of hydrogen-bond acceptors (Lipinski definition) is 5. The van der Waals surface area contributed by atoms with Crippen LogP contribution in [0.1, 0.15) is 168 Å². The van der Waals surface area contributed by atoms with Crippen LogP contribution in [-0.4, -0.2) is 41.6 Å². The summed E-state index contributed by atoms with van der Waals surface area (Å²) in [4.78, 5) is 36.0. The van der Waals surface area contributed by atoms with Gasteiger partial charge in [0, 0.05) is 12.8 Å². The molecule has 0 bridgehead atoms. The van der Waals surface area contributed by atoms with Gasteiger partial charge >= 0.3 is 11.9 Å². The van der Waals surface area contributed by atoms with E-state index in [-0.39, 0.29) is 18.0 Å². The van der Waals surface area contributed by atoms with Crippen LogP contribution < -0.4 is 11.1 Å². The van der Waals surface area contributed by atoms with Crippen molar-refractivity contribution in [2.75, 3.05) is 6.54 Å². The van der Waals surface area contributed by atoms with Crippen molar-refractivity contribution in [3.8, 4) is 0 Å². The van der Waals surface area contributed by atoms with Crippen LogP contribution in [-0.2, 0) is 19.1 Å². The maximum absolute atomic E-state index is 12.6. The number of amides is 1. The summed E-state index contributed by atoms with van der Waals surface area (Å²) in [5.74, 6) is -1.41. The molecule has 0 saturated carbocycles. The Hall–Kier alpha value is -2.93. The third kappa shape index (κ3) is 33.3. The zero-order chi connectivity index (χ0) is 36.0. The standard InChI is InChI=1S/C42H72N2O5/c1-3-5-7-9-10-11-12-13-14-15-16-17-18-19-20-21-26-30-36-41(46)49-38(32-27-23-8-6-4-2)33-28-24-22-25-29-35-40(45)44-39(42(47)48)34-31-37-43/h6,8,11-12,14-15,27-28,32-33,38-39H,3-5,7,9-10,13,16-26,29-31,34-37,43H2,1-2H3,(H,44,45)(H,47,48)/b8-6-,12-11-,15-14-,32-27-,33-28-. The Labute approximate surface area is 300 Å². The van der Waals surface area contributed by atoms with Gasteiger partial charge in [-0.2, -0.15) is 0 Å². The SMILES string of the molecule is CC/C=C\C/C=C\C(/C=C\CCCCCC(=O)NC(CCCN)C(=O)O)OC(=O)CCCCCCCCC/C=C\C/C=C\CCCCCC. The van der Waals surface area contributed by atoms with Crippen molar-refractivity contribution in [1.29, 1.82) is 0 Å². The van der Waals surface area contributed by atoms with E-state index < -0.39 is 12.0 Å². The number of nitrogens with two attached hydrogens (primary N) is 1. The minimum Gasteiger partial charge on any atom is -0.480 e. The van der Waals surface area contributed by atoms with E-state index in [1.807, 2.05) is 24.3 Å². The third-order valence-electron chi connectivity index (χ3n) is 8.28. The number of esters is 1. The zero-order valence-corrected chi connectivity index (χ0v) is 31.3. The Morgan fingerprint density at radius 2 is 1.16 bits per heavy atom. The number of ether oxygens (including phenoxy) is 1. The van der Waals surface area contributed by atoms with Crippen molar-refractivity contribution in [3.63, 3.8) is 0 Å². The molecule has 0 aliphatic rings. The minimum absolute atomic E-state index is 0.154. The second kappa shape index (κ2) is 36.4. The number of carbonyl (C=O) groups excluding carboxylic acids is 2. The molecule has 0 heterocycles. The predicted octanol–water partition coefficient (Wildman–Crippen LogP) is 10.6. The van der Waals surface area contributed by atoms with Gasteiger partial charge in [0.05, 0.1) is 0 Å². The number of aliphatic carboxylic acids is 1. The molecule has 0 saturated heterocycles. The molecule has 0 rings (SSSR count). The molecule has 280 valence electrons. The van der Waals surface area contributed by atoms with Crippen LogP contribution in [0.3, 0.4) is 0 Å². The van der Waals surface area contributed by atoms with Gasteiger partial charge in [-0.15, -0.1) is 0 Å². The van der Waals surface area contributed by atoms with Crippen LogP contribution >= 0.6 is 0 Å². The van der Waals surface area contributed by atoms with E-state index in [0.717, 1.165) is 57.8 Å². The second-order valence-electron chi connectivity index (χ2n) is 13.0. The van der Waals surface area contributed by atoms with Crippen LogP contribution in [0.15, 0.2) is 60.8 Å². The first kappa shape index (κ1) is 46.1. The molecule has 2 atom stereocenters. The number of nitrogens with one attached hydrogen (secondary N) is 1. The van der Waals surface area contributed by atoms with E-state index in [2.05, 4.69) is 55.6 Å². The Morgan fingerprint density at radius 1 is 0.633 bits per heavy atom. The molecule has 0 aromatic heterocycles. The van der Waals surface area contributed by atoms with E-state index in [4.69, 9.17) is 10.5 Å². The van der Waals surface area contributed by atoms with Crippen molar-refractivity contribution in [2.24, 2.45) is 5.73 Å². The number of hydrogen-bond donors (Lipinski definition) is 3. The molecule has 0 radical (unpaired) electrons. The first-order valence-corrected chi connectivity index (χ1v) is 19.6. The van der Waals surface area contributed by atoms with E-state index in [9.17, 15) is 19.5 Å². The average molecular weight is 685 g/mol. The lowest BCUT2D eigenvalue weighted by molar-refractivity contribution is -0.145. The molecule has 1 amide bonds. The van der Waals surface area contributed by atoms with Crippen molar-refractivity contribution in [3.05, 3.63) is 60.8 Å². The number of unbranched alkanes of at least 4 members (excludes halogenated alkanes) is 14. The first-order chi connectivity index (χ1) is 23.9. The highest BCUT2D eigenvalue weighted by atomic mass is 16.5. The number of allylic oxidation sites excluding steroid dienone is 8. The van der Waals surface area contributed by atoms with Gasteiger partial charge in [0.2, 0.25) is 5.91 Å². The summed E-state index contributed by atoms with van der Waals surface area (Å²) in [6, 6.07) is -0.876. The Bertz CT molecular complexity index is 953. The number of carbonyl (C=O) groups is 3. The second-order valence-corrected chi connectivity index (χ2v) is 13.0. The lowest BCUT2D eigenvalue weighted by Gasteiger charge is -2.13. The van der Waals surface area contributed by atoms with Gasteiger partial charge < -0.3 is 20.9 Å². The maximum Gasteiger partial charge on any atom is 0.326 e. The molecule has 0 aliphatic carbocycles. The van der Waals surface area contributed by atoms with Gasteiger partial charge in [0.25, 0.3) is 0 Å². The molecular weight excluding hydrogens is 612 g/mol. The molecule has 0 fully saturated rings. The summed E-state index contributed by atoms with van der Waals surface area (Å²) in [6.45, 7) is 4.75. The summed E-state index contributed by atoms with van der Waals surface area (Å²) < 4.78 is 5.78. The highest BCUT2D eigenvalue weighted by Gasteiger charge is 2.18. The zero-order valence-electron chi connectivity index (χ0n) is 31.3. The Morgan fingerprint density at radius 3 is 1.80 bits per heavy atom. The fourth-order valence-electron chi connectivity index (χ4n) is 5.32. The van der Waals surface area contributed by atoms with Crippen LogP contribution in [0.4, 0.5) is 0 Å². The lowest BCUT2D eigenvalue weighted by Crippen LogP contribution is -2.40. The van der Waals surface area contributed by atoms with Crippen molar-refractivity contribution >= 4 is 17.8 Å². The van der Waals surface area contributed by atoms with Crippen molar-refractivity contribution in [2.45, 2.75) is 180 Å². The minimum atomic E-state index is -1.02. The molecule has 0 spiro atoms. The average Bonchev–Trinajstić information content (AvgIpc) is 3.08. The fourth-order valence-corrected chi connectivity index (χ4v) is 5.32. The molecule has 7 nitrogen and oxygen atoms in total. The monoisotopic (exact) mass is 685 g/mol. The molecule has 0 aromatic carbocycles. The smallest absolute Gasteiger partial charge is 0.326 e. The Balaban J connectivity index is 4.19. The van der Waals surface area contributed by atoms with Gasteiger partial charge in [-0.3, -0.25) is 9.59 Å². The number of carboxylic acid groups (broad SMARTS) is 1. The third-order valence-corrected chi connectivity index (χ3v) is 8.28. The molecular formula is C42H72N2O5. The largest absolute Gasteiger partial charge is 0.480 e. The molecule has 4 N–H and O–H groups in total. The van der Waals surface area contributed by atoms with Crippen molar-refractivity contribution in [1.82, 2.24) is 5.32 Å².